The maximum Gasteiger partial charge on any atom is 0.257 e. The quantitative estimate of drug-likeness (QED) is 0.770. The van der Waals surface area contributed by atoms with E-state index < -0.39 is 0 Å². The van der Waals surface area contributed by atoms with Crippen LogP contribution in [0.3, 0.4) is 0 Å². The zero-order valence-corrected chi connectivity index (χ0v) is 12.7. The predicted molar refractivity (Wildman–Crippen MR) is 83.0 cm³/mol. The number of nitrogen functional groups attached to an aromatic ring is 1. The Morgan fingerprint density at radius 1 is 1.11 bits per heavy atom. The Bertz CT molecular complexity index is 647. The highest BCUT2D eigenvalue weighted by atomic mass is 79.9. The summed E-state index contributed by atoms with van der Waals surface area (Å²) in [6, 6.07) is 9.82. The highest BCUT2D eigenvalue weighted by molar-refractivity contribution is 9.10. The second kappa shape index (κ2) is 5.82. The number of carbonyl (C=O) groups excluding carboxylic acids is 1. The molecule has 19 heavy (non-hydrogen) atoms. The Morgan fingerprint density at radius 2 is 1.74 bits per heavy atom. The van der Waals surface area contributed by atoms with E-state index in [2.05, 4.69) is 21.2 Å². The lowest BCUT2D eigenvalue weighted by Crippen LogP contribution is -2.14. The van der Waals surface area contributed by atoms with Crippen LogP contribution in [0.4, 0.5) is 11.4 Å². The predicted octanol–water partition coefficient (Wildman–Crippen LogP) is 4.59. The van der Waals surface area contributed by atoms with Crippen LogP contribution in [0, 0.1) is 0 Å². The lowest BCUT2D eigenvalue weighted by molar-refractivity contribution is 0.102. The van der Waals surface area contributed by atoms with Gasteiger partial charge in [0.2, 0.25) is 0 Å². The van der Waals surface area contributed by atoms with Crippen molar-refractivity contribution in [2.45, 2.75) is 0 Å². The number of nitrogens with one attached hydrogen (secondary N) is 1. The third-order valence-corrected chi connectivity index (χ3v) is 3.56. The fraction of sp³-hybridized carbons (Fsp3) is 0. The Labute approximate surface area is 128 Å². The second-order valence-electron chi connectivity index (χ2n) is 3.81. The van der Waals surface area contributed by atoms with E-state index >= 15 is 0 Å². The van der Waals surface area contributed by atoms with Crippen molar-refractivity contribution < 1.29 is 4.79 Å². The van der Waals surface area contributed by atoms with Gasteiger partial charge >= 0.3 is 0 Å². The normalized spacial score (nSPS) is 10.3. The highest BCUT2D eigenvalue weighted by Gasteiger charge is 2.11. The van der Waals surface area contributed by atoms with Crippen molar-refractivity contribution in [3.05, 3.63) is 56.5 Å². The van der Waals surface area contributed by atoms with Gasteiger partial charge in [-0.3, -0.25) is 4.79 Å². The van der Waals surface area contributed by atoms with Crippen molar-refractivity contribution in [3.8, 4) is 0 Å². The topological polar surface area (TPSA) is 55.1 Å². The summed E-state index contributed by atoms with van der Waals surface area (Å²) < 4.78 is 0.695. The summed E-state index contributed by atoms with van der Waals surface area (Å²) in [5.74, 6) is -0.308. The van der Waals surface area contributed by atoms with Gasteiger partial charge in [-0.05, 0) is 52.3 Å². The summed E-state index contributed by atoms with van der Waals surface area (Å²) in [6.45, 7) is 0. The first-order chi connectivity index (χ1) is 8.97. The molecule has 2 aromatic carbocycles. The molecule has 0 saturated carbocycles. The lowest BCUT2D eigenvalue weighted by Gasteiger charge is -2.09. The Hall–Kier alpha value is -1.23. The molecular weight excluding hydrogens is 351 g/mol. The minimum Gasteiger partial charge on any atom is -0.398 e. The summed E-state index contributed by atoms with van der Waals surface area (Å²) in [4.78, 5) is 12.1. The van der Waals surface area contributed by atoms with Crippen molar-refractivity contribution in [2.24, 2.45) is 0 Å². The molecule has 98 valence electrons. The largest absolute Gasteiger partial charge is 0.398 e. The van der Waals surface area contributed by atoms with Crippen LogP contribution in [-0.2, 0) is 0 Å². The molecule has 0 bridgehead atoms. The first kappa shape index (κ1) is 14.2. The van der Waals surface area contributed by atoms with Crippen LogP contribution in [0.2, 0.25) is 10.0 Å². The molecule has 2 rings (SSSR count). The van der Waals surface area contributed by atoms with Crippen LogP contribution in [-0.4, -0.2) is 5.91 Å². The van der Waals surface area contributed by atoms with E-state index in [1.807, 2.05) is 0 Å². The lowest BCUT2D eigenvalue weighted by atomic mass is 10.1. The molecule has 3 N–H and O–H groups in total. The monoisotopic (exact) mass is 358 g/mol. The van der Waals surface area contributed by atoms with Gasteiger partial charge in [-0.25, -0.2) is 0 Å². The van der Waals surface area contributed by atoms with Gasteiger partial charge in [0, 0.05) is 20.2 Å². The zero-order valence-electron chi connectivity index (χ0n) is 9.58. The van der Waals surface area contributed by atoms with Crippen LogP contribution < -0.4 is 11.1 Å². The molecule has 1 amide bonds. The van der Waals surface area contributed by atoms with Gasteiger partial charge in [0.25, 0.3) is 5.91 Å². The Kier molecular flexibility index (Phi) is 4.34. The maximum atomic E-state index is 12.1. The summed E-state index contributed by atoms with van der Waals surface area (Å²) in [5.41, 5.74) is 7.07. The Balaban J connectivity index is 2.25. The van der Waals surface area contributed by atoms with E-state index in [-0.39, 0.29) is 5.91 Å². The smallest absolute Gasteiger partial charge is 0.257 e. The van der Waals surface area contributed by atoms with Crippen molar-refractivity contribution in [1.82, 2.24) is 0 Å². The van der Waals surface area contributed by atoms with Gasteiger partial charge in [0.05, 0.1) is 11.3 Å². The van der Waals surface area contributed by atoms with Gasteiger partial charge in [-0.1, -0.05) is 23.2 Å². The van der Waals surface area contributed by atoms with E-state index in [4.69, 9.17) is 28.9 Å². The van der Waals surface area contributed by atoms with Crippen molar-refractivity contribution in [3.63, 3.8) is 0 Å². The average Bonchev–Trinajstić information content (AvgIpc) is 2.32. The number of carbonyl (C=O) groups is 1. The molecule has 0 heterocycles. The van der Waals surface area contributed by atoms with Gasteiger partial charge in [0.15, 0.2) is 0 Å². The molecule has 0 radical (unpaired) electrons. The highest BCUT2D eigenvalue weighted by Crippen LogP contribution is 2.27. The van der Waals surface area contributed by atoms with Crippen LogP contribution >= 0.6 is 39.1 Å². The third kappa shape index (κ3) is 3.41. The van der Waals surface area contributed by atoms with Gasteiger partial charge in [-0.15, -0.1) is 0 Å². The second-order valence-corrected chi connectivity index (χ2v) is 5.54. The van der Waals surface area contributed by atoms with E-state index in [0.717, 1.165) is 0 Å². The fourth-order valence-electron chi connectivity index (χ4n) is 1.52. The Morgan fingerprint density at radius 3 is 2.37 bits per heavy atom. The summed E-state index contributed by atoms with van der Waals surface area (Å²) in [7, 11) is 0. The van der Waals surface area contributed by atoms with E-state index in [0.29, 0.717) is 31.5 Å². The first-order valence-electron chi connectivity index (χ1n) is 5.29. The number of benzene rings is 2. The number of anilines is 2. The van der Waals surface area contributed by atoms with Gasteiger partial charge < -0.3 is 11.1 Å². The van der Waals surface area contributed by atoms with Gasteiger partial charge in [-0.2, -0.15) is 0 Å². The van der Waals surface area contributed by atoms with Crippen molar-refractivity contribution in [2.75, 3.05) is 11.1 Å². The van der Waals surface area contributed by atoms with Crippen LogP contribution in [0.1, 0.15) is 10.4 Å². The number of halogens is 3. The average molecular weight is 360 g/mol. The zero-order chi connectivity index (χ0) is 14.0. The molecule has 0 aliphatic heterocycles. The first-order valence-corrected chi connectivity index (χ1v) is 6.83. The third-order valence-electron chi connectivity index (χ3n) is 2.44. The van der Waals surface area contributed by atoms with Crippen molar-refractivity contribution >= 4 is 56.4 Å². The standard InChI is InChI=1S/C13H9BrCl2N2O/c14-10-5-7(15)2-4-12(10)18-13(19)9-3-1-8(16)6-11(9)17/h1-6H,17H2,(H,18,19). The summed E-state index contributed by atoms with van der Waals surface area (Å²) in [5, 5.41) is 3.81. The SMILES string of the molecule is Nc1cc(Cl)ccc1C(=O)Nc1ccc(Cl)cc1Br. The minimum atomic E-state index is -0.308. The number of rotatable bonds is 2. The molecule has 3 nitrogen and oxygen atoms in total. The fourth-order valence-corrected chi connectivity index (χ4v) is 2.48. The molecule has 2 aromatic rings. The number of hydrogen-bond donors (Lipinski definition) is 2. The molecule has 6 heteroatoms. The number of nitrogens with two attached hydrogens (primary N) is 1. The molecule has 0 fully saturated rings. The molecule has 0 spiro atoms. The molecule has 0 aliphatic rings. The molecule has 0 saturated heterocycles. The van der Waals surface area contributed by atoms with E-state index in [1.54, 1.807) is 30.3 Å². The number of amides is 1. The van der Waals surface area contributed by atoms with E-state index in [9.17, 15) is 4.79 Å². The summed E-state index contributed by atoms with van der Waals surface area (Å²) in [6.07, 6.45) is 0. The van der Waals surface area contributed by atoms with E-state index in [1.165, 1.54) is 6.07 Å². The van der Waals surface area contributed by atoms with Crippen molar-refractivity contribution in [1.29, 1.82) is 0 Å². The molecule has 0 aliphatic carbocycles. The molecular formula is C13H9BrCl2N2O. The van der Waals surface area contributed by atoms with Crippen LogP contribution in [0.25, 0.3) is 0 Å². The minimum absolute atomic E-state index is 0.308. The maximum absolute atomic E-state index is 12.1. The van der Waals surface area contributed by atoms with Crippen LogP contribution in [0.5, 0.6) is 0 Å². The molecule has 0 aromatic heterocycles. The van der Waals surface area contributed by atoms with Crippen LogP contribution in [0.15, 0.2) is 40.9 Å². The summed E-state index contributed by atoms with van der Waals surface area (Å²) >= 11 is 15.0. The molecule has 0 atom stereocenters. The number of hydrogen-bond acceptors (Lipinski definition) is 2. The van der Waals surface area contributed by atoms with Gasteiger partial charge in [0.1, 0.15) is 0 Å². The molecule has 0 unspecified atom stereocenters.